The molecule has 1 aromatic rings. The van der Waals surface area contributed by atoms with E-state index in [-0.39, 0.29) is 12.1 Å². The van der Waals surface area contributed by atoms with E-state index in [1.807, 2.05) is 24.3 Å². The van der Waals surface area contributed by atoms with E-state index in [4.69, 9.17) is 15.2 Å². The Morgan fingerprint density at radius 2 is 2.00 bits per heavy atom. The average Bonchev–Trinajstić information content (AvgIpc) is 2.40. The third-order valence-electron chi connectivity index (χ3n) is 4.80. The number of rotatable bonds is 2. The van der Waals surface area contributed by atoms with E-state index < -0.39 is 0 Å². The Morgan fingerprint density at radius 3 is 2.76 bits per heavy atom. The third-order valence-corrected chi connectivity index (χ3v) is 4.80. The van der Waals surface area contributed by atoms with E-state index in [0.29, 0.717) is 24.0 Å². The maximum absolute atomic E-state index is 6.41. The van der Waals surface area contributed by atoms with Crippen LogP contribution in [0.3, 0.4) is 0 Å². The molecular weight excluding hydrogens is 262 g/mol. The van der Waals surface area contributed by atoms with Crippen LogP contribution in [0.2, 0.25) is 0 Å². The fourth-order valence-corrected chi connectivity index (χ4v) is 4.10. The molecule has 116 valence electrons. The van der Waals surface area contributed by atoms with E-state index >= 15 is 0 Å². The van der Waals surface area contributed by atoms with Crippen LogP contribution in [-0.4, -0.2) is 18.8 Å². The molecule has 0 bridgehead atoms. The molecule has 3 heteroatoms. The number of hydrogen-bond acceptors (Lipinski definition) is 3. The summed E-state index contributed by atoms with van der Waals surface area (Å²) in [5, 5.41) is 0. The molecule has 2 N–H and O–H groups in total. The second-order valence-corrected chi connectivity index (χ2v) is 7.58. The topological polar surface area (TPSA) is 44.5 Å². The average molecular weight is 289 g/mol. The van der Waals surface area contributed by atoms with Crippen molar-refractivity contribution in [1.29, 1.82) is 0 Å². The van der Waals surface area contributed by atoms with Crippen LogP contribution in [0.25, 0.3) is 0 Å². The zero-order chi connectivity index (χ0) is 15.0. The summed E-state index contributed by atoms with van der Waals surface area (Å²) in [6.07, 6.45) is 3.79. The van der Waals surface area contributed by atoms with Crippen molar-refractivity contribution in [3.05, 3.63) is 29.8 Å². The van der Waals surface area contributed by atoms with E-state index in [1.54, 1.807) is 0 Å². The molecule has 1 fully saturated rings. The predicted molar refractivity (Wildman–Crippen MR) is 84.3 cm³/mol. The molecule has 1 aliphatic heterocycles. The standard InChI is InChI=1S/C18H27NO2/c1-12-8-13(10-18(2,3)9-12)21-16-11-20-15-7-5-4-6-14(15)17(16)19/h4-7,12-13,16-17H,8-11,19H2,1-3H3. The van der Waals surface area contributed by atoms with Crippen LogP contribution in [0.5, 0.6) is 5.75 Å². The molecular formula is C18H27NO2. The highest BCUT2D eigenvalue weighted by Gasteiger charge is 2.36. The summed E-state index contributed by atoms with van der Waals surface area (Å²) in [4.78, 5) is 0. The minimum atomic E-state index is -0.0877. The summed E-state index contributed by atoms with van der Waals surface area (Å²) in [6, 6.07) is 7.93. The van der Waals surface area contributed by atoms with Gasteiger partial charge in [0.25, 0.3) is 0 Å². The molecule has 1 aliphatic carbocycles. The van der Waals surface area contributed by atoms with Gasteiger partial charge in [-0.1, -0.05) is 39.0 Å². The molecule has 4 atom stereocenters. The molecule has 2 aliphatic rings. The maximum atomic E-state index is 6.41. The van der Waals surface area contributed by atoms with Crippen LogP contribution < -0.4 is 10.5 Å². The number of fused-ring (bicyclic) bond motifs is 1. The third kappa shape index (κ3) is 3.24. The zero-order valence-electron chi connectivity index (χ0n) is 13.3. The first-order valence-electron chi connectivity index (χ1n) is 8.07. The van der Waals surface area contributed by atoms with Crippen LogP contribution >= 0.6 is 0 Å². The van der Waals surface area contributed by atoms with Crippen LogP contribution in [0.1, 0.15) is 51.6 Å². The molecule has 0 aromatic heterocycles. The summed E-state index contributed by atoms with van der Waals surface area (Å²) in [5.41, 5.74) is 7.83. The second kappa shape index (κ2) is 5.62. The van der Waals surface area contributed by atoms with E-state index in [1.165, 1.54) is 6.42 Å². The molecule has 0 amide bonds. The maximum Gasteiger partial charge on any atom is 0.124 e. The van der Waals surface area contributed by atoms with Gasteiger partial charge in [0.15, 0.2) is 0 Å². The minimum Gasteiger partial charge on any atom is -0.490 e. The summed E-state index contributed by atoms with van der Waals surface area (Å²) in [6.45, 7) is 7.56. The van der Waals surface area contributed by atoms with Crippen molar-refractivity contribution in [1.82, 2.24) is 0 Å². The number of para-hydroxylation sites is 1. The Labute approximate surface area is 127 Å². The smallest absolute Gasteiger partial charge is 0.124 e. The molecule has 0 saturated heterocycles. The van der Waals surface area contributed by atoms with Gasteiger partial charge in [-0.3, -0.25) is 0 Å². The Hall–Kier alpha value is -1.06. The Kier molecular flexibility index (Phi) is 3.98. The van der Waals surface area contributed by atoms with Crippen LogP contribution in [0.15, 0.2) is 24.3 Å². The minimum absolute atomic E-state index is 0.0361. The van der Waals surface area contributed by atoms with Crippen molar-refractivity contribution in [3.8, 4) is 5.75 Å². The molecule has 1 aromatic carbocycles. The highest BCUT2D eigenvalue weighted by molar-refractivity contribution is 5.38. The van der Waals surface area contributed by atoms with Gasteiger partial charge in [0.2, 0.25) is 0 Å². The second-order valence-electron chi connectivity index (χ2n) is 7.58. The van der Waals surface area contributed by atoms with Gasteiger partial charge in [-0.25, -0.2) is 0 Å². The molecule has 3 nitrogen and oxygen atoms in total. The first kappa shape index (κ1) is 14.9. The van der Waals surface area contributed by atoms with E-state index in [0.717, 1.165) is 24.2 Å². The van der Waals surface area contributed by atoms with Gasteiger partial charge in [-0.15, -0.1) is 0 Å². The summed E-state index contributed by atoms with van der Waals surface area (Å²) < 4.78 is 12.2. The van der Waals surface area contributed by atoms with Crippen LogP contribution in [-0.2, 0) is 4.74 Å². The normalized spacial score (nSPS) is 34.9. The van der Waals surface area contributed by atoms with E-state index in [9.17, 15) is 0 Å². The van der Waals surface area contributed by atoms with Crippen molar-refractivity contribution < 1.29 is 9.47 Å². The molecule has 3 rings (SSSR count). The first-order chi connectivity index (χ1) is 9.94. The number of benzene rings is 1. The summed E-state index contributed by atoms with van der Waals surface area (Å²) in [7, 11) is 0. The highest BCUT2D eigenvalue weighted by atomic mass is 16.5. The lowest BCUT2D eigenvalue weighted by Crippen LogP contribution is -2.43. The van der Waals surface area contributed by atoms with Crippen LogP contribution in [0, 0.1) is 11.3 Å². The first-order valence-corrected chi connectivity index (χ1v) is 8.07. The molecule has 4 unspecified atom stereocenters. The van der Waals surface area contributed by atoms with Gasteiger partial charge in [-0.05, 0) is 36.7 Å². The van der Waals surface area contributed by atoms with E-state index in [2.05, 4.69) is 20.8 Å². The monoisotopic (exact) mass is 289 g/mol. The van der Waals surface area contributed by atoms with Crippen molar-refractivity contribution >= 4 is 0 Å². The van der Waals surface area contributed by atoms with Gasteiger partial charge in [0, 0.05) is 5.56 Å². The van der Waals surface area contributed by atoms with Gasteiger partial charge in [0.1, 0.15) is 18.5 Å². The lowest BCUT2D eigenvalue weighted by Gasteiger charge is -2.41. The van der Waals surface area contributed by atoms with Crippen molar-refractivity contribution in [2.75, 3.05) is 6.61 Å². The van der Waals surface area contributed by atoms with Gasteiger partial charge >= 0.3 is 0 Å². The van der Waals surface area contributed by atoms with Crippen LogP contribution in [0.4, 0.5) is 0 Å². The predicted octanol–water partition coefficient (Wildman–Crippen LogP) is 3.68. The Bertz CT molecular complexity index is 500. The number of hydrogen-bond donors (Lipinski definition) is 1. The van der Waals surface area contributed by atoms with Gasteiger partial charge in [-0.2, -0.15) is 0 Å². The molecule has 21 heavy (non-hydrogen) atoms. The summed E-state index contributed by atoms with van der Waals surface area (Å²) >= 11 is 0. The fraction of sp³-hybridized carbons (Fsp3) is 0.667. The summed E-state index contributed by atoms with van der Waals surface area (Å²) in [5.74, 6) is 1.62. The van der Waals surface area contributed by atoms with Gasteiger partial charge in [0.05, 0.1) is 12.1 Å². The number of ether oxygens (including phenoxy) is 2. The van der Waals surface area contributed by atoms with Crippen molar-refractivity contribution in [2.24, 2.45) is 17.1 Å². The molecule has 1 heterocycles. The van der Waals surface area contributed by atoms with Crippen molar-refractivity contribution in [3.63, 3.8) is 0 Å². The van der Waals surface area contributed by atoms with Gasteiger partial charge < -0.3 is 15.2 Å². The SMILES string of the molecule is CC1CC(OC2COc3ccccc3C2N)CC(C)(C)C1. The lowest BCUT2D eigenvalue weighted by atomic mass is 9.71. The molecule has 1 saturated carbocycles. The fourth-order valence-electron chi connectivity index (χ4n) is 4.10. The molecule has 0 radical (unpaired) electrons. The zero-order valence-corrected chi connectivity index (χ0v) is 13.3. The largest absolute Gasteiger partial charge is 0.490 e. The Morgan fingerprint density at radius 1 is 1.24 bits per heavy atom. The number of nitrogens with two attached hydrogens (primary N) is 1. The van der Waals surface area contributed by atoms with Crippen molar-refractivity contribution in [2.45, 2.75) is 58.3 Å². The lowest BCUT2D eigenvalue weighted by molar-refractivity contribution is -0.0925. The quantitative estimate of drug-likeness (QED) is 0.903. The molecule has 0 spiro atoms. The Balaban J connectivity index is 1.69. The highest BCUT2D eigenvalue weighted by Crippen LogP contribution is 2.41.